The maximum atomic E-state index is 13.6. The number of hydrogen-bond acceptors (Lipinski definition) is 5. The summed E-state index contributed by atoms with van der Waals surface area (Å²) in [6.45, 7) is 6.52. The molecule has 7 atom stereocenters. The Morgan fingerprint density at radius 2 is 2.00 bits per heavy atom. The molecule has 2 bridgehead atoms. The average molecular weight is 590 g/mol. The Kier molecular flexibility index (Phi) is 7.06. The van der Waals surface area contributed by atoms with Crippen molar-refractivity contribution in [2.45, 2.75) is 76.3 Å². The number of ether oxygens (including phenoxy) is 3. The molecular formula is C32H40F3N2O5+. The fourth-order valence-corrected chi connectivity index (χ4v) is 9.00. The molecule has 42 heavy (non-hydrogen) atoms. The highest BCUT2D eigenvalue weighted by molar-refractivity contribution is 5.96. The lowest BCUT2D eigenvalue weighted by Gasteiger charge is -2.62. The molecule has 7 nitrogen and oxygen atoms in total. The van der Waals surface area contributed by atoms with Crippen LogP contribution in [0, 0.1) is 17.3 Å². The van der Waals surface area contributed by atoms with Gasteiger partial charge < -0.3 is 29.1 Å². The highest BCUT2D eigenvalue weighted by Crippen LogP contribution is 2.67. The first-order valence-electron chi connectivity index (χ1n) is 14.9. The van der Waals surface area contributed by atoms with Crippen LogP contribution in [0.15, 0.2) is 59.1 Å². The predicted molar refractivity (Wildman–Crippen MR) is 149 cm³/mol. The van der Waals surface area contributed by atoms with E-state index in [0.29, 0.717) is 29.9 Å². The molecule has 228 valence electrons. The number of quaternary nitrogens is 1. The number of piperidine rings is 1. The number of alkyl halides is 3. The molecule has 2 N–H and O–H groups in total. The van der Waals surface area contributed by atoms with Gasteiger partial charge in [-0.1, -0.05) is 50.6 Å². The predicted octanol–water partition coefficient (Wildman–Crippen LogP) is 5.61. The molecule has 1 amide bonds. The molecule has 2 aliphatic heterocycles. The first-order valence-corrected chi connectivity index (χ1v) is 14.9. The number of nitrogens with zero attached hydrogens (tertiary/aromatic N) is 1. The highest BCUT2D eigenvalue weighted by atomic mass is 19.4. The molecule has 1 aromatic carbocycles. The van der Waals surface area contributed by atoms with Gasteiger partial charge in [0.25, 0.3) is 5.91 Å². The van der Waals surface area contributed by atoms with Gasteiger partial charge in [0.1, 0.15) is 11.9 Å². The second-order valence-corrected chi connectivity index (χ2v) is 13.2. The van der Waals surface area contributed by atoms with E-state index in [2.05, 4.69) is 30.9 Å². The second kappa shape index (κ2) is 10.1. The number of amides is 1. The van der Waals surface area contributed by atoms with Gasteiger partial charge in [-0.15, -0.1) is 13.2 Å². The molecule has 3 unspecified atom stereocenters. The SMILES string of the molecule is COC1(NC(=O)C(=Cc2ccccc2)OC(F)(F)F)C=C(O)C2=C3C1O[C@H]1CCC[C@H]4[C@@H](C2)[N+](C)(CC(C)C)CC[C@]314. The van der Waals surface area contributed by atoms with E-state index in [1.807, 2.05) is 0 Å². The van der Waals surface area contributed by atoms with Gasteiger partial charge in [-0.2, -0.15) is 0 Å². The van der Waals surface area contributed by atoms with E-state index >= 15 is 0 Å². The number of allylic oxidation sites excluding steroid dienone is 1. The van der Waals surface area contributed by atoms with Crippen LogP contribution >= 0.6 is 0 Å². The fraction of sp³-hybridized carbons (Fsp3) is 0.594. The maximum Gasteiger partial charge on any atom is 0.573 e. The Hall–Kier alpha value is -2.82. The van der Waals surface area contributed by atoms with Gasteiger partial charge in [0, 0.05) is 48.9 Å². The van der Waals surface area contributed by atoms with Crippen molar-refractivity contribution < 1.29 is 41.8 Å². The molecule has 1 aromatic rings. The first kappa shape index (κ1) is 29.3. The van der Waals surface area contributed by atoms with Gasteiger partial charge in [0.2, 0.25) is 0 Å². The molecule has 0 radical (unpaired) electrons. The van der Waals surface area contributed by atoms with Gasteiger partial charge in [0.05, 0.1) is 32.3 Å². The van der Waals surface area contributed by atoms with Crippen LogP contribution in [0.4, 0.5) is 13.2 Å². The van der Waals surface area contributed by atoms with Gasteiger partial charge in [-0.3, -0.25) is 4.79 Å². The number of halogens is 3. The molecule has 2 heterocycles. The normalized spacial score (nSPS) is 37.3. The minimum absolute atomic E-state index is 0.00984. The van der Waals surface area contributed by atoms with Crippen LogP contribution < -0.4 is 5.32 Å². The Bertz CT molecular complexity index is 1340. The number of hydrogen-bond donors (Lipinski definition) is 2. The zero-order valence-electron chi connectivity index (χ0n) is 24.5. The minimum atomic E-state index is -5.09. The number of rotatable bonds is 7. The van der Waals surface area contributed by atoms with E-state index in [9.17, 15) is 23.1 Å². The zero-order chi connectivity index (χ0) is 30.1. The number of carbonyl (C=O) groups excluding carboxylic acids is 1. The highest BCUT2D eigenvalue weighted by Gasteiger charge is 2.71. The third-order valence-corrected chi connectivity index (χ3v) is 10.3. The molecule has 2 saturated heterocycles. The first-order chi connectivity index (χ1) is 19.8. The second-order valence-electron chi connectivity index (χ2n) is 13.2. The van der Waals surface area contributed by atoms with Crippen LogP contribution in [0.2, 0.25) is 0 Å². The summed E-state index contributed by atoms with van der Waals surface area (Å²) in [5.41, 5.74) is 0.126. The summed E-state index contributed by atoms with van der Waals surface area (Å²) in [4.78, 5) is 13.6. The monoisotopic (exact) mass is 589 g/mol. The molecular weight excluding hydrogens is 549 g/mol. The number of carbonyl (C=O) groups is 1. The molecule has 1 saturated carbocycles. The van der Waals surface area contributed by atoms with Crippen molar-refractivity contribution in [3.63, 3.8) is 0 Å². The molecule has 3 fully saturated rings. The van der Waals surface area contributed by atoms with Crippen LogP contribution in [0.1, 0.15) is 51.5 Å². The van der Waals surface area contributed by atoms with Crippen molar-refractivity contribution in [3.05, 3.63) is 64.6 Å². The van der Waals surface area contributed by atoms with Gasteiger partial charge >= 0.3 is 6.36 Å². The summed E-state index contributed by atoms with van der Waals surface area (Å²) in [6, 6.07) is 8.48. The summed E-state index contributed by atoms with van der Waals surface area (Å²) in [5, 5.41) is 14.2. The Morgan fingerprint density at radius 1 is 1.26 bits per heavy atom. The summed E-state index contributed by atoms with van der Waals surface area (Å²) >= 11 is 0. The average Bonchev–Trinajstić information content (AvgIpc) is 3.26. The fourth-order valence-electron chi connectivity index (χ4n) is 9.00. The van der Waals surface area contributed by atoms with E-state index in [4.69, 9.17) is 9.47 Å². The summed E-state index contributed by atoms with van der Waals surface area (Å²) in [7, 11) is 3.70. The van der Waals surface area contributed by atoms with Crippen LogP contribution in [-0.4, -0.2) is 73.1 Å². The van der Waals surface area contributed by atoms with E-state index < -0.39 is 29.9 Å². The summed E-state index contributed by atoms with van der Waals surface area (Å²) < 4.78 is 58.1. The number of methoxy groups -OCH3 is 1. The van der Waals surface area contributed by atoms with Crippen molar-refractivity contribution in [1.29, 1.82) is 0 Å². The maximum absolute atomic E-state index is 13.6. The topological polar surface area (TPSA) is 77.0 Å². The van der Waals surface area contributed by atoms with Gasteiger partial charge in [-0.05, 0) is 30.1 Å². The molecule has 5 aliphatic rings. The third kappa shape index (κ3) is 4.57. The van der Waals surface area contributed by atoms with Gasteiger partial charge in [0.15, 0.2) is 11.5 Å². The lowest BCUT2D eigenvalue weighted by molar-refractivity contribution is -0.948. The zero-order valence-corrected chi connectivity index (χ0v) is 24.5. The largest absolute Gasteiger partial charge is 0.573 e. The number of nitrogens with one attached hydrogen (secondary N) is 1. The third-order valence-electron chi connectivity index (χ3n) is 10.3. The smallest absolute Gasteiger partial charge is 0.508 e. The van der Waals surface area contributed by atoms with Crippen LogP contribution in [0.3, 0.4) is 0 Å². The quantitative estimate of drug-likeness (QED) is 0.187. The lowest BCUT2D eigenvalue weighted by atomic mass is 9.49. The van der Waals surface area contributed by atoms with E-state index in [1.54, 1.807) is 30.3 Å². The van der Waals surface area contributed by atoms with Crippen LogP contribution in [0.25, 0.3) is 6.08 Å². The summed E-state index contributed by atoms with van der Waals surface area (Å²) in [5.74, 6) is -1.21. The van der Waals surface area contributed by atoms with Crippen molar-refractivity contribution >= 4 is 12.0 Å². The lowest BCUT2D eigenvalue weighted by Crippen LogP contribution is -2.69. The Labute approximate surface area is 244 Å². The molecule has 0 aromatic heterocycles. The number of aliphatic hydroxyl groups is 1. The van der Waals surface area contributed by atoms with E-state index in [0.717, 1.165) is 60.5 Å². The van der Waals surface area contributed by atoms with Crippen LogP contribution in [-0.2, 0) is 19.0 Å². The molecule has 10 heteroatoms. The van der Waals surface area contributed by atoms with Crippen molar-refractivity contribution in [2.75, 3.05) is 27.2 Å². The van der Waals surface area contributed by atoms with Gasteiger partial charge in [-0.25, -0.2) is 0 Å². The van der Waals surface area contributed by atoms with E-state index in [-0.39, 0.29) is 17.3 Å². The molecule has 1 spiro atoms. The number of benzene rings is 1. The minimum Gasteiger partial charge on any atom is -0.508 e. The van der Waals surface area contributed by atoms with E-state index in [1.165, 1.54) is 13.2 Å². The molecule has 3 aliphatic carbocycles. The van der Waals surface area contributed by atoms with Crippen molar-refractivity contribution in [2.24, 2.45) is 17.3 Å². The Morgan fingerprint density at radius 3 is 2.67 bits per heavy atom. The number of aliphatic hydroxyl groups excluding tert-OH is 1. The van der Waals surface area contributed by atoms with Crippen LogP contribution in [0.5, 0.6) is 0 Å². The van der Waals surface area contributed by atoms with Crippen molar-refractivity contribution in [1.82, 2.24) is 5.32 Å². The summed E-state index contributed by atoms with van der Waals surface area (Å²) in [6.07, 6.45) is 0.915. The Balaban J connectivity index is 1.40. The number of likely N-dealkylation sites (tertiary alicyclic amines) is 1. The standard InChI is InChI=1S/C32H39F3N2O5/c1-19(2)18-37(3)14-13-30-22-11-8-12-26(30)41-28-27(30)21(16-23(22)37)24(38)17-31(28,40-4)36-29(39)25(42-32(33,34)35)15-20-9-6-5-7-10-20/h5-7,9-10,15,17,19,22-23,26,28H,8,11-14,16,18H2,1-4H3,(H-,36,38,39)/p+1/t22-,23+,26-,28?,30+,31?,37?/m0/s1. The van der Waals surface area contributed by atoms with Crippen molar-refractivity contribution in [3.8, 4) is 0 Å². The molecule has 6 rings (SSSR count).